The Kier molecular flexibility index (Phi) is 2.24. The van der Waals surface area contributed by atoms with Gasteiger partial charge in [-0.15, -0.1) is 0 Å². The van der Waals surface area contributed by atoms with Crippen LogP contribution in [0.4, 0.5) is 0 Å². The van der Waals surface area contributed by atoms with Gasteiger partial charge < -0.3 is 15.3 Å². The van der Waals surface area contributed by atoms with Crippen LogP contribution in [0.15, 0.2) is 23.0 Å². The SMILES string of the molecule is O=C(Cc1ccc2[nH]c(=O)[nH]c2c1)NC1CC1. The Morgan fingerprint density at radius 3 is 2.82 bits per heavy atom. The zero-order valence-electron chi connectivity index (χ0n) is 9.25. The second-order valence-electron chi connectivity index (χ2n) is 4.48. The van der Waals surface area contributed by atoms with Gasteiger partial charge in [0.2, 0.25) is 5.91 Å². The number of carbonyl (C=O) groups excluding carboxylic acids is 1. The van der Waals surface area contributed by atoms with E-state index in [4.69, 9.17) is 0 Å². The van der Waals surface area contributed by atoms with Crippen molar-refractivity contribution in [3.8, 4) is 0 Å². The lowest BCUT2D eigenvalue weighted by atomic mass is 10.1. The average Bonchev–Trinajstić information content (AvgIpc) is 2.98. The van der Waals surface area contributed by atoms with Crippen molar-refractivity contribution in [1.29, 1.82) is 0 Å². The Labute approximate surface area is 97.2 Å². The Hall–Kier alpha value is -2.04. The van der Waals surface area contributed by atoms with Crippen LogP contribution in [0.25, 0.3) is 11.0 Å². The van der Waals surface area contributed by atoms with Crippen LogP contribution in [0.3, 0.4) is 0 Å². The lowest BCUT2D eigenvalue weighted by Gasteiger charge is -2.03. The summed E-state index contributed by atoms with van der Waals surface area (Å²) in [6.07, 6.45) is 2.55. The van der Waals surface area contributed by atoms with Crippen molar-refractivity contribution in [3.63, 3.8) is 0 Å². The highest BCUT2D eigenvalue weighted by molar-refractivity contribution is 5.81. The van der Waals surface area contributed by atoms with E-state index in [9.17, 15) is 9.59 Å². The molecule has 1 fully saturated rings. The van der Waals surface area contributed by atoms with Gasteiger partial charge in [-0.05, 0) is 30.5 Å². The summed E-state index contributed by atoms with van der Waals surface area (Å²) >= 11 is 0. The van der Waals surface area contributed by atoms with Crippen molar-refractivity contribution in [1.82, 2.24) is 15.3 Å². The van der Waals surface area contributed by atoms with Crippen LogP contribution in [0.1, 0.15) is 18.4 Å². The van der Waals surface area contributed by atoms with Gasteiger partial charge in [-0.2, -0.15) is 0 Å². The number of amides is 1. The van der Waals surface area contributed by atoms with E-state index >= 15 is 0 Å². The Bertz CT molecular complexity index is 622. The first-order valence-electron chi connectivity index (χ1n) is 5.71. The third-order valence-electron chi connectivity index (χ3n) is 2.89. The molecule has 1 aromatic carbocycles. The first-order chi connectivity index (χ1) is 8.20. The quantitative estimate of drug-likeness (QED) is 0.726. The van der Waals surface area contributed by atoms with E-state index in [1.54, 1.807) is 0 Å². The molecule has 5 heteroatoms. The number of nitrogens with one attached hydrogen (secondary N) is 3. The highest BCUT2D eigenvalue weighted by atomic mass is 16.2. The summed E-state index contributed by atoms with van der Waals surface area (Å²) in [5, 5.41) is 2.94. The van der Waals surface area contributed by atoms with E-state index < -0.39 is 0 Å². The largest absolute Gasteiger partial charge is 0.353 e. The molecule has 1 aliphatic carbocycles. The predicted molar refractivity (Wildman–Crippen MR) is 63.8 cm³/mol. The van der Waals surface area contributed by atoms with Gasteiger partial charge in [0.1, 0.15) is 0 Å². The highest BCUT2D eigenvalue weighted by Crippen LogP contribution is 2.19. The second kappa shape index (κ2) is 3.76. The molecule has 0 spiro atoms. The van der Waals surface area contributed by atoms with Crippen LogP contribution < -0.4 is 11.0 Å². The summed E-state index contributed by atoms with van der Waals surface area (Å²) in [7, 11) is 0. The number of aromatic amines is 2. The van der Waals surface area contributed by atoms with E-state index in [2.05, 4.69) is 15.3 Å². The van der Waals surface area contributed by atoms with Gasteiger partial charge in [0.15, 0.2) is 0 Å². The van der Waals surface area contributed by atoms with Crippen molar-refractivity contribution < 1.29 is 4.79 Å². The molecule has 3 N–H and O–H groups in total. The Morgan fingerprint density at radius 1 is 1.29 bits per heavy atom. The zero-order chi connectivity index (χ0) is 11.8. The summed E-state index contributed by atoms with van der Waals surface area (Å²) < 4.78 is 0. The predicted octanol–water partition coefficient (Wildman–Crippen LogP) is 0.677. The maximum Gasteiger partial charge on any atom is 0.323 e. The molecule has 0 unspecified atom stereocenters. The smallest absolute Gasteiger partial charge is 0.323 e. The Balaban J connectivity index is 1.79. The molecule has 3 rings (SSSR count). The topological polar surface area (TPSA) is 77.8 Å². The third-order valence-corrected chi connectivity index (χ3v) is 2.89. The molecule has 1 heterocycles. The molecule has 0 saturated heterocycles. The molecule has 17 heavy (non-hydrogen) atoms. The minimum Gasteiger partial charge on any atom is -0.353 e. The molecule has 1 aromatic heterocycles. The normalized spacial score (nSPS) is 15.1. The van der Waals surface area contributed by atoms with Crippen molar-refractivity contribution in [2.24, 2.45) is 0 Å². The van der Waals surface area contributed by atoms with Gasteiger partial charge in [-0.25, -0.2) is 4.79 Å². The maximum atomic E-state index is 11.6. The van der Waals surface area contributed by atoms with Gasteiger partial charge in [-0.3, -0.25) is 4.79 Å². The number of carbonyl (C=O) groups is 1. The number of H-pyrrole nitrogens is 2. The molecule has 1 amide bonds. The number of aromatic nitrogens is 2. The fourth-order valence-corrected chi connectivity index (χ4v) is 1.88. The van der Waals surface area contributed by atoms with Gasteiger partial charge in [0.25, 0.3) is 0 Å². The van der Waals surface area contributed by atoms with E-state index in [1.165, 1.54) is 0 Å². The summed E-state index contributed by atoms with van der Waals surface area (Å²) in [5.74, 6) is 0.0460. The fraction of sp³-hybridized carbons (Fsp3) is 0.333. The summed E-state index contributed by atoms with van der Waals surface area (Å²) in [5.41, 5.74) is 2.19. The van der Waals surface area contributed by atoms with Gasteiger partial charge >= 0.3 is 5.69 Å². The standard InChI is InChI=1S/C12H13N3O2/c16-11(13-8-2-3-8)6-7-1-4-9-10(5-7)15-12(17)14-9/h1,4-5,8H,2-3,6H2,(H,13,16)(H2,14,15,17). The zero-order valence-corrected chi connectivity index (χ0v) is 9.25. The molecule has 1 aliphatic rings. The number of benzene rings is 1. The third kappa shape index (κ3) is 2.22. The van der Waals surface area contributed by atoms with E-state index in [0.29, 0.717) is 12.5 Å². The molecule has 0 aliphatic heterocycles. The van der Waals surface area contributed by atoms with Crippen molar-refractivity contribution in [2.75, 3.05) is 0 Å². The van der Waals surface area contributed by atoms with Crippen molar-refractivity contribution >= 4 is 16.9 Å². The van der Waals surface area contributed by atoms with Crippen molar-refractivity contribution in [3.05, 3.63) is 34.2 Å². The lowest BCUT2D eigenvalue weighted by Crippen LogP contribution is -2.26. The number of hydrogen-bond donors (Lipinski definition) is 3. The average molecular weight is 231 g/mol. The lowest BCUT2D eigenvalue weighted by molar-refractivity contribution is -0.120. The number of rotatable bonds is 3. The molecule has 0 bridgehead atoms. The van der Waals surface area contributed by atoms with E-state index in [1.807, 2.05) is 18.2 Å². The molecule has 1 saturated carbocycles. The molecular weight excluding hydrogens is 218 g/mol. The van der Waals surface area contributed by atoms with Crippen LogP contribution in [0, 0.1) is 0 Å². The summed E-state index contributed by atoms with van der Waals surface area (Å²) in [6.45, 7) is 0. The van der Waals surface area contributed by atoms with Crippen LogP contribution in [-0.4, -0.2) is 21.9 Å². The van der Waals surface area contributed by atoms with Crippen molar-refractivity contribution in [2.45, 2.75) is 25.3 Å². The molecule has 5 nitrogen and oxygen atoms in total. The van der Waals surface area contributed by atoms with Gasteiger partial charge in [0, 0.05) is 6.04 Å². The van der Waals surface area contributed by atoms with E-state index in [-0.39, 0.29) is 11.6 Å². The summed E-state index contributed by atoms with van der Waals surface area (Å²) in [4.78, 5) is 28.1. The van der Waals surface area contributed by atoms with E-state index in [0.717, 1.165) is 29.4 Å². The van der Waals surface area contributed by atoms with Crippen LogP contribution in [-0.2, 0) is 11.2 Å². The number of fused-ring (bicyclic) bond motifs is 1. The van der Waals surface area contributed by atoms with Gasteiger partial charge in [0.05, 0.1) is 17.5 Å². The minimum atomic E-state index is -0.223. The Morgan fingerprint density at radius 2 is 2.06 bits per heavy atom. The fourth-order valence-electron chi connectivity index (χ4n) is 1.88. The highest BCUT2D eigenvalue weighted by Gasteiger charge is 2.23. The van der Waals surface area contributed by atoms with Crippen LogP contribution in [0.2, 0.25) is 0 Å². The van der Waals surface area contributed by atoms with Gasteiger partial charge in [-0.1, -0.05) is 6.07 Å². The van der Waals surface area contributed by atoms with Crippen LogP contribution in [0.5, 0.6) is 0 Å². The molecule has 0 radical (unpaired) electrons. The summed E-state index contributed by atoms with van der Waals surface area (Å²) in [6, 6.07) is 5.89. The monoisotopic (exact) mass is 231 g/mol. The molecule has 88 valence electrons. The molecule has 2 aromatic rings. The molecular formula is C12H13N3O2. The first-order valence-corrected chi connectivity index (χ1v) is 5.71. The second-order valence-corrected chi connectivity index (χ2v) is 4.48. The minimum absolute atomic E-state index is 0.0460. The maximum absolute atomic E-state index is 11.6. The van der Waals surface area contributed by atoms with Crippen LogP contribution >= 0.6 is 0 Å². The first kappa shape index (κ1) is 10.1. The number of hydrogen-bond acceptors (Lipinski definition) is 2. The number of imidazole rings is 1. The molecule has 0 atom stereocenters.